The second-order valence-corrected chi connectivity index (χ2v) is 7.77. The van der Waals surface area contributed by atoms with Gasteiger partial charge in [-0.2, -0.15) is 0 Å². The van der Waals surface area contributed by atoms with Crippen molar-refractivity contribution in [2.24, 2.45) is 0 Å². The molecule has 0 atom stereocenters. The van der Waals surface area contributed by atoms with Crippen LogP contribution in [0.25, 0.3) is 6.08 Å². The summed E-state index contributed by atoms with van der Waals surface area (Å²) in [6.07, 6.45) is 3.20. The number of thioether (sulfide) groups is 1. The molecule has 0 saturated carbocycles. The van der Waals surface area contributed by atoms with E-state index in [9.17, 15) is 9.18 Å². The number of amides is 1. The first-order chi connectivity index (χ1) is 11.7. The molecule has 3 aromatic rings. The van der Waals surface area contributed by atoms with E-state index in [4.69, 9.17) is 0 Å². The Balaban J connectivity index is 1.53. The number of thiophene rings is 1. The predicted octanol–water partition coefficient (Wildman–Crippen LogP) is 4.68. The van der Waals surface area contributed by atoms with Crippen molar-refractivity contribution in [3.63, 3.8) is 0 Å². The molecule has 0 saturated heterocycles. The molecule has 1 aromatic carbocycles. The van der Waals surface area contributed by atoms with E-state index < -0.39 is 0 Å². The van der Waals surface area contributed by atoms with Crippen LogP contribution in [0, 0.1) is 5.82 Å². The molecule has 0 fully saturated rings. The molecule has 2 heterocycles. The van der Waals surface area contributed by atoms with Crippen LogP contribution in [0.3, 0.4) is 0 Å². The molecule has 1 N–H and O–H groups in total. The highest BCUT2D eigenvalue weighted by Gasteiger charge is 2.08. The molecular formula is C16H12FN3OS3. The van der Waals surface area contributed by atoms with Gasteiger partial charge in [0.05, 0.1) is 0 Å². The molecule has 0 bridgehead atoms. The van der Waals surface area contributed by atoms with Gasteiger partial charge in [0, 0.05) is 16.7 Å². The maximum absolute atomic E-state index is 13.6. The topological polar surface area (TPSA) is 54.9 Å². The molecule has 0 aliphatic carbocycles. The molecule has 4 nitrogen and oxygen atoms in total. The fourth-order valence-electron chi connectivity index (χ4n) is 1.76. The second-order valence-electron chi connectivity index (χ2n) is 4.59. The molecule has 2 aromatic heterocycles. The summed E-state index contributed by atoms with van der Waals surface area (Å²) in [5.41, 5.74) is 0.613. The van der Waals surface area contributed by atoms with Crippen LogP contribution in [0.15, 0.2) is 52.2 Å². The molecule has 0 spiro atoms. The van der Waals surface area contributed by atoms with E-state index in [2.05, 4.69) is 15.5 Å². The Kier molecular flexibility index (Phi) is 5.73. The Labute approximate surface area is 150 Å². The van der Waals surface area contributed by atoms with Crippen LogP contribution in [0.4, 0.5) is 9.52 Å². The number of carbonyl (C=O) groups is 1. The molecule has 24 heavy (non-hydrogen) atoms. The van der Waals surface area contributed by atoms with Crippen molar-refractivity contribution in [1.82, 2.24) is 10.2 Å². The van der Waals surface area contributed by atoms with Gasteiger partial charge in [0.2, 0.25) is 11.0 Å². The highest BCUT2D eigenvalue weighted by molar-refractivity contribution is 8.00. The predicted molar refractivity (Wildman–Crippen MR) is 97.9 cm³/mol. The molecular weight excluding hydrogens is 365 g/mol. The fourth-order valence-corrected chi connectivity index (χ4v) is 4.12. The number of hydrogen-bond donors (Lipinski definition) is 1. The van der Waals surface area contributed by atoms with Crippen LogP contribution >= 0.6 is 34.4 Å². The number of benzene rings is 1. The summed E-state index contributed by atoms with van der Waals surface area (Å²) in [4.78, 5) is 12.8. The van der Waals surface area contributed by atoms with E-state index >= 15 is 0 Å². The van der Waals surface area contributed by atoms with Gasteiger partial charge >= 0.3 is 0 Å². The number of halogens is 1. The third-order valence-corrected chi connectivity index (χ3v) is 5.75. The minimum Gasteiger partial charge on any atom is -0.297 e. The zero-order valence-electron chi connectivity index (χ0n) is 12.3. The normalized spacial score (nSPS) is 11.0. The lowest BCUT2D eigenvalue weighted by Crippen LogP contribution is -2.07. The van der Waals surface area contributed by atoms with Crippen LogP contribution in [0.2, 0.25) is 0 Å². The van der Waals surface area contributed by atoms with Crippen molar-refractivity contribution >= 4 is 51.6 Å². The Bertz CT molecular complexity index is 846. The van der Waals surface area contributed by atoms with Crippen molar-refractivity contribution in [1.29, 1.82) is 0 Å². The smallest absolute Gasteiger partial charge is 0.250 e. The monoisotopic (exact) mass is 377 g/mol. The minimum atomic E-state index is -0.259. The lowest BCUT2D eigenvalue weighted by Gasteiger charge is -1.99. The lowest BCUT2D eigenvalue weighted by atomic mass is 10.2. The largest absolute Gasteiger partial charge is 0.297 e. The van der Waals surface area contributed by atoms with Crippen molar-refractivity contribution in [3.05, 3.63) is 64.1 Å². The third kappa shape index (κ3) is 4.73. The van der Waals surface area contributed by atoms with E-state index in [0.717, 1.165) is 4.88 Å². The van der Waals surface area contributed by atoms with Crippen LogP contribution < -0.4 is 5.32 Å². The second kappa shape index (κ2) is 8.18. The van der Waals surface area contributed by atoms with Crippen molar-refractivity contribution in [3.8, 4) is 0 Å². The van der Waals surface area contributed by atoms with Crippen molar-refractivity contribution in [2.75, 3.05) is 5.32 Å². The molecule has 0 radical (unpaired) electrons. The molecule has 3 rings (SSSR count). The molecule has 0 unspecified atom stereocenters. The summed E-state index contributed by atoms with van der Waals surface area (Å²) in [5.74, 6) is -0.0277. The number of anilines is 1. The SMILES string of the molecule is O=C(C=Cc1cccs1)Nc1nnc(SCc2ccccc2F)s1. The van der Waals surface area contributed by atoms with Crippen molar-refractivity contribution in [2.45, 2.75) is 10.1 Å². The van der Waals surface area contributed by atoms with Gasteiger partial charge in [0.15, 0.2) is 4.34 Å². The van der Waals surface area contributed by atoms with E-state index in [1.807, 2.05) is 17.5 Å². The van der Waals surface area contributed by atoms with E-state index in [1.165, 1.54) is 35.2 Å². The third-order valence-electron chi connectivity index (χ3n) is 2.89. The molecule has 8 heteroatoms. The van der Waals surface area contributed by atoms with E-state index in [1.54, 1.807) is 35.6 Å². The number of nitrogens with zero attached hydrogens (tertiary/aromatic N) is 2. The summed E-state index contributed by atoms with van der Waals surface area (Å²) in [5, 5.41) is 13.0. The van der Waals surface area contributed by atoms with Crippen LogP contribution in [-0.4, -0.2) is 16.1 Å². The lowest BCUT2D eigenvalue weighted by molar-refractivity contribution is -0.111. The first-order valence-electron chi connectivity index (χ1n) is 6.93. The van der Waals surface area contributed by atoms with Crippen molar-refractivity contribution < 1.29 is 9.18 Å². The standard InChI is InChI=1S/C16H12FN3OS3/c17-13-6-2-1-4-11(13)10-23-16-20-19-15(24-16)18-14(21)8-7-12-5-3-9-22-12/h1-9H,10H2,(H,18,19,21). The summed E-state index contributed by atoms with van der Waals surface area (Å²) in [7, 11) is 0. The zero-order chi connectivity index (χ0) is 16.8. The first-order valence-corrected chi connectivity index (χ1v) is 9.61. The summed E-state index contributed by atoms with van der Waals surface area (Å²) < 4.78 is 14.2. The molecule has 0 aliphatic rings. The Morgan fingerprint density at radius 1 is 1.25 bits per heavy atom. The maximum Gasteiger partial charge on any atom is 0.250 e. The van der Waals surface area contributed by atoms with Gasteiger partial charge in [-0.3, -0.25) is 10.1 Å². The molecule has 122 valence electrons. The Hall–Kier alpha value is -2.03. The van der Waals surface area contributed by atoms with Gasteiger partial charge in [-0.05, 0) is 29.2 Å². The molecule has 1 amide bonds. The Morgan fingerprint density at radius 2 is 2.12 bits per heavy atom. The number of carbonyl (C=O) groups excluding carboxylic acids is 1. The number of rotatable bonds is 6. The number of aromatic nitrogens is 2. The van der Waals surface area contributed by atoms with Crippen LogP contribution in [0.1, 0.15) is 10.4 Å². The average molecular weight is 377 g/mol. The van der Waals surface area contributed by atoms with Crippen LogP contribution in [-0.2, 0) is 10.5 Å². The minimum absolute atomic E-state index is 0.234. The summed E-state index contributed by atoms with van der Waals surface area (Å²) in [6, 6.07) is 10.5. The molecule has 0 aliphatic heterocycles. The highest BCUT2D eigenvalue weighted by Crippen LogP contribution is 2.29. The zero-order valence-corrected chi connectivity index (χ0v) is 14.8. The van der Waals surface area contributed by atoms with Gasteiger partial charge in [0.1, 0.15) is 5.82 Å². The average Bonchev–Trinajstić information content (AvgIpc) is 3.24. The van der Waals surface area contributed by atoms with Gasteiger partial charge in [0.25, 0.3) is 0 Å². The fraction of sp³-hybridized carbons (Fsp3) is 0.0625. The first kappa shape index (κ1) is 16.8. The van der Waals surface area contributed by atoms with E-state index in [0.29, 0.717) is 20.8 Å². The van der Waals surface area contributed by atoms with Gasteiger partial charge in [-0.25, -0.2) is 4.39 Å². The number of nitrogens with one attached hydrogen (secondary N) is 1. The summed E-state index contributed by atoms with van der Waals surface area (Å²) >= 11 is 4.20. The van der Waals surface area contributed by atoms with Gasteiger partial charge in [-0.15, -0.1) is 21.5 Å². The Morgan fingerprint density at radius 3 is 2.92 bits per heavy atom. The van der Waals surface area contributed by atoms with E-state index in [-0.39, 0.29) is 11.7 Å². The maximum atomic E-state index is 13.6. The quantitative estimate of drug-likeness (QED) is 0.385. The summed E-state index contributed by atoms with van der Waals surface area (Å²) in [6.45, 7) is 0. The van der Waals surface area contributed by atoms with Gasteiger partial charge in [-0.1, -0.05) is 47.4 Å². The number of hydrogen-bond acceptors (Lipinski definition) is 6. The highest BCUT2D eigenvalue weighted by atomic mass is 32.2. The van der Waals surface area contributed by atoms with Crippen LogP contribution in [0.5, 0.6) is 0 Å². The van der Waals surface area contributed by atoms with Gasteiger partial charge < -0.3 is 0 Å².